The predicted octanol–water partition coefficient (Wildman–Crippen LogP) is 0.224. The molecule has 1 aromatic rings. The molecule has 0 aromatic carbocycles. The van der Waals surface area contributed by atoms with Crippen LogP contribution in [0.5, 0.6) is 5.88 Å². The number of aryl methyl sites for hydroxylation is 1. The number of aromatic nitrogens is 2. The van der Waals surface area contributed by atoms with E-state index < -0.39 is 0 Å². The van der Waals surface area contributed by atoms with Crippen LogP contribution in [0, 0.1) is 0 Å². The Morgan fingerprint density at radius 1 is 1.80 bits per heavy atom. The quantitative estimate of drug-likeness (QED) is 0.559. The lowest BCUT2D eigenvalue weighted by Gasteiger charge is -2.12. The van der Waals surface area contributed by atoms with Gasteiger partial charge in [0.2, 0.25) is 0 Å². The van der Waals surface area contributed by atoms with E-state index in [1.165, 1.54) is 0 Å². The topological polar surface area (TPSA) is 39.1 Å². The number of fused-ring (bicyclic) bond motifs is 1. The molecular weight excluding hydrogens is 130 g/mol. The third-order valence-corrected chi connectivity index (χ3v) is 1.45. The minimum atomic E-state index is 0.712. The van der Waals surface area contributed by atoms with E-state index in [2.05, 4.69) is 10.4 Å². The van der Waals surface area contributed by atoms with Gasteiger partial charge in [-0.1, -0.05) is 0 Å². The van der Waals surface area contributed by atoms with Crippen LogP contribution in [0.2, 0.25) is 0 Å². The lowest BCUT2D eigenvalue weighted by molar-refractivity contribution is 0.308. The van der Waals surface area contributed by atoms with Gasteiger partial charge in [0.05, 0.1) is 6.20 Å². The second-order valence-corrected chi connectivity index (χ2v) is 2.30. The lowest BCUT2D eigenvalue weighted by Crippen LogP contribution is -2.17. The summed E-state index contributed by atoms with van der Waals surface area (Å²) in [5.41, 5.74) is 0.994. The van der Waals surface area contributed by atoms with Crippen molar-refractivity contribution in [1.82, 2.24) is 9.78 Å². The molecule has 0 radical (unpaired) electrons. The molecule has 0 atom stereocenters. The molecule has 1 N–H and O–H groups in total. The van der Waals surface area contributed by atoms with Gasteiger partial charge in [-0.15, -0.1) is 5.10 Å². The average Bonchev–Trinajstić information content (AvgIpc) is 2.27. The monoisotopic (exact) mass is 139 g/mol. The third kappa shape index (κ3) is 0.725. The SMILES string of the molecule is Cn1cc2c(n1)OCCN2. The second-order valence-electron chi connectivity index (χ2n) is 2.30. The van der Waals surface area contributed by atoms with Crippen LogP contribution in [-0.4, -0.2) is 22.9 Å². The normalized spacial score (nSPS) is 15.3. The maximum atomic E-state index is 5.25. The Labute approximate surface area is 58.8 Å². The van der Waals surface area contributed by atoms with E-state index in [-0.39, 0.29) is 0 Å². The Hall–Kier alpha value is -1.19. The molecule has 54 valence electrons. The molecule has 2 rings (SSSR count). The summed E-state index contributed by atoms with van der Waals surface area (Å²) < 4.78 is 6.99. The van der Waals surface area contributed by atoms with Crippen LogP contribution in [0.25, 0.3) is 0 Å². The molecule has 1 aromatic heterocycles. The van der Waals surface area contributed by atoms with E-state index in [9.17, 15) is 0 Å². The fraction of sp³-hybridized carbons (Fsp3) is 0.500. The van der Waals surface area contributed by atoms with Crippen molar-refractivity contribution in [2.75, 3.05) is 18.5 Å². The Bertz CT molecular complexity index is 220. The van der Waals surface area contributed by atoms with Crippen molar-refractivity contribution in [2.24, 2.45) is 7.05 Å². The summed E-state index contributed by atoms with van der Waals surface area (Å²) in [4.78, 5) is 0. The first kappa shape index (κ1) is 5.58. The zero-order chi connectivity index (χ0) is 6.97. The highest BCUT2D eigenvalue weighted by atomic mass is 16.5. The van der Waals surface area contributed by atoms with Crippen LogP contribution in [0.3, 0.4) is 0 Å². The Morgan fingerprint density at radius 3 is 3.50 bits per heavy atom. The van der Waals surface area contributed by atoms with E-state index in [0.717, 1.165) is 12.2 Å². The molecule has 0 unspecified atom stereocenters. The highest BCUT2D eigenvalue weighted by molar-refractivity contribution is 5.52. The van der Waals surface area contributed by atoms with Crippen molar-refractivity contribution in [1.29, 1.82) is 0 Å². The lowest BCUT2D eigenvalue weighted by atomic mass is 10.4. The summed E-state index contributed by atoms with van der Waals surface area (Å²) in [7, 11) is 1.88. The van der Waals surface area contributed by atoms with Gasteiger partial charge in [-0.2, -0.15) is 0 Å². The van der Waals surface area contributed by atoms with Crippen molar-refractivity contribution in [3.63, 3.8) is 0 Å². The minimum Gasteiger partial charge on any atom is -0.473 e. The molecule has 0 amide bonds. The fourth-order valence-electron chi connectivity index (χ4n) is 1.03. The number of rotatable bonds is 0. The van der Waals surface area contributed by atoms with E-state index in [1.807, 2.05) is 13.2 Å². The van der Waals surface area contributed by atoms with Gasteiger partial charge in [-0.3, -0.25) is 4.68 Å². The maximum Gasteiger partial charge on any atom is 0.256 e. The van der Waals surface area contributed by atoms with Gasteiger partial charge in [-0.25, -0.2) is 0 Å². The summed E-state index contributed by atoms with van der Waals surface area (Å²) in [6.07, 6.45) is 1.91. The molecule has 0 bridgehead atoms. The van der Waals surface area contributed by atoms with Gasteiger partial charge in [0.15, 0.2) is 0 Å². The highest BCUT2D eigenvalue weighted by Gasteiger charge is 2.11. The first-order valence-corrected chi connectivity index (χ1v) is 3.26. The molecule has 2 heterocycles. The molecule has 0 spiro atoms. The Kier molecular flexibility index (Phi) is 1.06. The number of nitrogens with one attached hydrogen (secondary N) is 1. The zero-order valence-electron chi connectivity index (χ0n) is 5.79. The first-order chi connectivity index (χ1) is 4.86. The summed E-state index contributed by atoms with van der Waals surface area (Å²) >= 11 is 0. The number of hydrogen-bond acceptors (Lipinski definition) is 3. The maximum absolute atomic E-state index is 5.25. The largest absolute Gasteiger partial charge is 0.473 e. The summed E-state index contributed by atoms with van der Waals surface area (Å²) in [6.45, 7) is 1.59. The number of ether oxygens (including phenoxy) is 1. The van der Waals surface area contributed by atoms with E-state index in [0.29, 0.717) is 12.5 Å². The molecule has 1 aliphatic heterocycles. The van der Waals surface area contributed by atoms with Gasteiger partial charge < -0.3 is 10.1 Å². The van der Waals surface area contributed by atoms with E-state index in [1.54, 1.807) is 4.68 Å². The molecular formula is C6H9N3O. The summed E-state index contributed by atoms with van der Waals surface area (Å²) in [6, 6.07) is 0. The van der Waals surface area contributed by atoms with Gasteiger partial charge in [0.25, 0.3) is 5.88 Å². The second kappa shape index (κ2) is 1.90. The zero-order valence-corrected chi connectivity index (χ0v) is 5.79. The van der Waals surface area contributed by atoms with E-state index >= 15 is 0 Å². The number of anilines is 1. The van der Waals surface area contributed by atoms with Crippen molar-refractivity contribution in [2.45, 2.75) is 0 Å². The van der Waals surface area contributed by atoms with Crippen LogP contribution in [0.15, 0.2) is 6.20 Å². The van der Waals surface area contributed by atoms with Crippen LogP contribution in [0.4, 0.5) is 5.69 Å². The number of nitrogens with zero attached hydrogens (tertiary/aromatic N) is 2. The highest BCUT2D eigenvalue weighted by Crippen LogP contribution is 2.23. The predicted molar refractivity (Wildman–Crippen MR) is 37.2 cm³/mol. The molecule has 4 heteroatoms. The average molecular weight is 139 g/mol. The van der Waals surface area contributed by atoms with E-state index in [4.69, 9.17) is 4.74 Å². The van der Waals surface area contributed by atoms with Crippen LogP contribution in [-0.2, 0) is 7.05 Å². The molecule has 0 fully saturated rings. The molecule has 0 aliphatic carbocycles. The van der Waals surface area contributed by atoms with Gasteiger partial charge >= 0.3 is 0 Å². The fourth-order valence-corrected chi connectivity index (χ4v) is 1.03. The first-order valence-electron chi connectivity index (χ1n) is 3.26. The van der Waals surface area contributed by atoms with Crippen LogP contribution < -0.4 is 10.1 Å². The van der Waals surface area contributed by atoms with Crippen molar-refractivity contribution in [3.8, 4) is 5.88 Å². The van der Waals surface area contributed by atoms with Gasteiger partial charge in [0.1, 0.15) is 12.3 Å². The van der Waals surface area contributed by atoms with Crippen molar-refractivity contribution < 1.29 is 4.74 Å². The molecule has 1 aliphatic rings. The molecule has 0 saturated carbocycles. The molecule has 4 nitrogen and oxygen atoms in total. The summed E-state index contributed by atoms with van der Waals surface area (Å²) in [5.74, 6) is 0.716. The minimum absolute atomic E-state index is 0.712. The van der Waals surface area contributed by atoms with Gasteiger partial charge in [-0.05, 0) is 0 Å². The van der Waals surface area contributed by atoms with Crippen LogP contribution in [0.1, 0.15) is 0 Å². The standard InChI is InChI=1S/C6H9N3O/c1-9-4-5-6(8-9)10-3-2-7-5/h4,7H,2-3H2,1H3. The Morgan fingerprint density at radius 2 is 2.70 bits per heavy atom. The Balaban J connectivity index is 2.41. The van der Waals surface area contributed by atoms with Crippen molar-refractivity contribution >= 4 is 5.69 Å². The van der Waals surface area contributed by atoms with Crippen LogP contribution >= 0.6 is 0 Å². The third-order valence-electron chi connectivity index (χ3n) is 1.45. The van der Waals surface area contributed by atoms with Crippen molar-refractivity contribution in [3.05, 3.63) is 6.20 Å². The smallest absolute Gasteiger partial charge is 0.256 e. The molecule has 0 saturated heterocycles. The molecule has 10 heavy (non-hydrogen) atoms. The number of hydrogen-bond donors (Lipinski definition) is 1. The van der Waals surface area contributed by atoms with Gasteiger partial charge in [0, 0.05) is 13.6 Å². The summed E-state index contributed by atoms with van der Waals surface area (Å²) in [5, 5.41) is 7.26.